The summed E-state index contributed by atoms with van der Waals surface area (Å²) < 4.78 is 5.85. The summed E-state index contributed by atoms with van der Waals surface area (Å²) in [5, 5.41) is 10.4. The molecule has 2 aromatic carbocycles. The zero-order valence-corrected chi connectivity index (χ0v) is 15.9. The minimum Gasteiger partial charge on any atom is -0.450 e. The van der Waals surface area contributed by atoms with Crippen LogP contribution in [0.1, 0.15) is 28.6 Å². The van der Waals surface area contributed by atoms with E-state index in [9.17, 15) is 19.5 Å². The summed E-state index contributed by atoms with van der Waals surface area (Å²) in [6.07, 6.45) is -0.902. The van der Waals surface area contributed by atoms with E-state index in [2.05, 4.69) is 0 Å². The summed E-state index contributed by atoms with van der Waals surface area (Å²) in [4.78, 5) is 43.3. The van der Waals surface area contributed by atoms with Crippen molar-refractivity contribution < 1.29 is 19.1 Å². The number of anilines is 1. The fourth-order valence-corrected chi connectivity index (χ4v) is 4.56. The van der Waals surface area contributed by atoms with Crippen molar-refractivity contribution in [1.82, 2.24) is 4.90 Å². The minimum atomic E-state index is -1.65. The highest BCUT2D eigenvalue weighted by atomic mass is 16.3. The Hall–Kier alpha value is -3.45. The molecule has 0 saturated heterocycles. The molecule has 2 unspecified atom stereocenters. The second-order valence-electron chi connectivity index (χ2n) is 7.49. The van der Waals surface area contributed by atoms with Crippen molar-refractivity contribution in [1.29, 1.82) is 0 Å². The lowest BCUT2D eigenvalue weighted by Gasteiger charge is -2.34. The number of aliphatic hydroxyl groups excluding tert-OH is 1. The first-order valence-corrected chi connectivity index (χ1v) is 9.33. The monoisotopic (exact) mass is 390 g/mol. The Labute approximate surface area is 165 Å². The van der Waals surface area contributed by atoms with Crippen molar-refractivity contribution >= 4 is 28.5 Å². The minimum absolute atomic E-state index is 0.0173. The number of β-amino-alcohol motifs (C(OH)–C–C–N with tert-alkyl or cyclic N) is 1. The fraction of sp³-hybridized carbons (Fsp3) is 0.227. The van der Waals surface area contributed by atoms with E-state index in [4.69, 9.17) is 4.42 Å². The number of rotatable bonds is 2. The highest BCUT2D eigenvalue weighted by Crippen LogP contribution is 2.51. The van der Waals surface area contributed by atoms with Gasteiger partial charge in [0.25, 0.3) is 11.8 Å². The lowest BCUT2D eigenvalue weighted by atomic mass is 9.84. The van der Waals surface area contributed by atoms with Crippen LogP contribution in [0.25, 0.3) is 11.0 Å². The first kappa shape index (κ1) is 17.6. The van der Waals surface area contributed by atoms with Gasteiger partial charge in [0, 0.05) is 24.8 Å². The van der Waals surface area contributed by atoms with Crippen LogP contribution in [0.5, 0.6) is 0 Å². The van der Waals surface area contributed by atoms with Crippen molar-refractivity contribution in [2.24, 2.45) is 0 Å². The third kappa shape index (κ3) is 2.02. The molecular weight excluding hydrogens is 372 g/mol. The summed E-state index contributed by atoms with van der Waals surface area (Å²) in [7, 11) is 1.61. The number of benzene rings is 2. The third-order valence-corrected chi connectivity index (χ3v) is 5.72. The van der Waals surface area contributed by atoms with Gasteiger partial charge in [-0.15, -0.1) is 0 Å². The van der Waals surface area contributed by atoms with Gasteiger partial charge in [-0.2, -0.15) is 0 Å². The van der Waals surface area contributed by atoms with Gasteiger partial charge in [-0.3, -0.25) is 14.4 Å². The van der Waals surface area contributed by atoms with Gasteiger partial charge in [-0.1, -0.05) is 30.3 Å². The summed E-state index contributed by atoms with van der Waals surface area (Å²) in [5.74, 6) is -1.15. The number of fused-ring (bicyclic) bond motifs is 5. The molecule has 3 aromatic rings. The molecule has 3 heterocycles. The van der Waals surface area contributed by atoms with Crippen LogP contribution in [0.3, 0.4) is 0 Å². The molecule has 1 aromatic heterocycles. The Bertz CT molecular complexity index is 1260. The first-order chi connectivity index (χ1) is 13.9. The number of para-hydroxylation sites is 2. The smallest absolute Gasteiger partial charge is 0.291 e. The zero-order valence-electron chi connectivity index (χ0n) is 15.9. The number of hydrogen-bond acceptors (Lipinski definition) is 5. The number of carbonyl (C=O) groups excluding carboxylic acids is 2. The second-order valence-corrected chi connectivity index (χ2v) is 7.49. The van der Waals surface area contributed by atoms with Crippen molar-refractivity contribution in [2.45, 2.75) is 18.6 Å². The molecule has 0 radical (unpaired) electrons. The lowest BCUT2D eigenvalue weighted by molar-refractivity contribution is -0.126. The quantitative estimate of drug-likeness (QED) is 0.721. The van der Waals surface area contributed by atoms with E-state index < -0.39 is 28.9 Å². The van der Waals surface area contributed by atoms with E-state index in [0.717, 1.165) is 0 Å². The van der Waals surface area contributed by atoms with Crippen LogP contribution in [0.4, 0.5) is 5.69 Å². The van der Waals surface area contributed by atoms with Gasteiger partial charge in [-0.05, 0) is 25.1 Å². The Morgan fingerprint density at radius 1 is 1.07 bits per heavy atom. The normalized spacial score (nSPS) is 21.2. The Morgan fingerprint density at radius 3 is 2.52 bits per heavy atom. The maximum atomic E-state index is 13.6. The third-order valence-electron chi connectivity index (χ3n) is 5.72. The second kappa shape index (κ2) is 5.78. The largest absolute Gasteiger partial charge is 0.450 e. The average Bonchev–Trinajstić information content (AvgIpc) is 3.08. The van der Waals surface area contributed by atoms with Gasteiger partial charge >= 0.3 is 0 Å². The summed E-state index contributed by atoms with van der Waals surface area (Å²) >= 11 is 0. The van der Waals surface area contributed by atoms with Crippen LogP contribution in [0.15, 0.2) is 57.7 Å². The van der Waals surface area contributed by atoms with E-state index in [0.29, 0.717) is 16.6 Å². The lowest BCUT2D eigenvalue weighted by Crippen LogP contribution is -2.54. The molecule has 5 rings (SSSR count). The van der Waals surface area contributed by atoms with Gasteiger partial charge in [0.1, 0.15) is 5.58 Å². The predicted octanol–water partition coefficient (Wildman–Crippen LogP) is 1.85. The Balaban J connectivity index is 1.95. The molecule has 29 heavy (non-hydrogen) atoms. The molecule has 2 atom stereocenters. The van der Waals surface area contributed by atoms with E-state index in [-0.39, 0.29) is 23.5 Å². The SMILES string of the molecule is CC(O)CN1C(=O)c2oc3ccccc3c(=O)c2C12C(=O)N(C)c1ccccc12. The molecular formula is C22H18N2O5. The van der Waals surface area contributed by atoms with E-state index in [1.807, 2.05) is 0 Å². The molecule has 0 saturated carbocycles. The van der Waals surface area contributed by atoms with E-state index in [1.54, 1.807) is 55.6 Å². The number of hydrogen-bond donors (Lipinski definition) is 1. The van der Waals surface area contributed by atoms with Gasteiger partial charge in [-0.25, -0.2) is 0 Å². The molecule has 2 aliphatic heterocycles. The number of aliphatic hydroxyl groups is 1. The first-order valence-electron chi connectivity index (χ1n) is 9.33. The predicted molar refractivity (Wildman–Crippen MR) is 106 cm³/mol. The van der Waals surface area contributed by atoms with Crippen LogP contribution >= 0.6 is 0 Å². The average molecular weight is 390 g/mol. The van der Waals surface area contributed by atoms with E-state index in [1.165, 1.54) is 16.7 Å². The molecule has 1 spiro atoms. The standard InChI is InChI=1S/C22H18N2O5/c1-12(25)11-24-20(27)19-17(18(26)13-7-3-6-10-16(13)29-19)22(24)14-8-4-5-9-15(14)23(2)21(22)28/h3-10,12,25H,11H2,1-2H3. The van der Waals surface area contributed by atoms with Crippen molar-refractivity contribution in [2.75, 3.05) is 18.5 Å². The molecule has 0 fully saturated rings. The van der Waals surface area contributed by atoms with Gasteiger partial charge < -0.3 is 19.3 Å². The van der Waals surface area contributed by atoms with Gasteiger partial charge in [0.05, 0.1) is 17.1 Å². The fourth-order valence-electron chi connectivity index (χ4n) is 4.56. The highest BCUT2D eigenvalue weighted by molar-refractivity contribution is 6.16. The number of carbonyl (C=O) groups is 2. The van der Waals surface area contributed by atoms with Gasteiger partial charge in [0.2, 0.25) is 5.76 Å². The molecule has 0 aliphatic carbocycles. The molecule has 7 nitrogen and oxygen atoms in total. The molecule has 146 valence electrons. The Kier molecular flexibility index (Phi) is 3.51. The number of nitrogens with zero attached hydrogens (tertiary/aromatic N) is 2. The number of likely N-dealkylation sites (N-methyl/N-ethyl adjacent to an activating group) is 1. The van der Waals surface area contributed by atoms with Crippen LogP contribution in [-0.4, -0.2) is 41.5 Å². The number of amides is 2. The van der Waals surface area contributed by atoms with Gasteiger partial charge in [0.15, 0.2) is 11.0 Å². The molecule has 1 N–H and O–H groups in total. The molecule has 7 heteroatoms. The van der Waals surface area contributed by atoms with Crippen LogP contribution in [0, 0.1) is 0 Å². The van der Waals surface area contributed by atoms with Crippen molar-refractivity contribution in [3.8, 4) is 0 Å². The highest BCUT2D eigenvalue weighted by Gasteiger charge is 2.64. The molecule has 0 bridgehead atoms. The van der Waals surface area contributed by atoms with Crippen molar-refractivity contribution in [3.63, 3.8) is 0 Å². The van der Waals surface area contributed by atoms with Crippen LogP contribution < -0.4 is 10.3 Å². The van der Waals surface area contributed by atoms with Crippen LogP contribution in [-0.2, 0) is 10.3 Å². The summed E-state index contributed by atoms with van der Waals surface area (Å²) in [6.45, 7) is 1.41. The topological polar surface area (TPSA) is 91.1 Å². The maximum Gasteiger partial charge on any atom is 0.291 e. The summed E-state index contributed by atoms with van der Waals surface area (Å²) in [6, 6.07) is 13.7. The summed E-state index contributed by atoms with van der Waals surface area (Å²) in [5.41, 5.74) is -0.625. The van der Waals surface area contributed by atoms with Crippen molar-refractivity contribution in [3.05, 3.63) is 75.6 Å². The Morgan fingerprint density at radius 2 is 1.76 bits per heavy atom. The van der Waals surface area contributed by atoms with Crippen LogP contribution in [0.2, 0.25) is 0 Å². The molecule has 2 aliphatic rings. The van der Waals surface area contributed by atoms with E-state index >= 15 is 0 Å². The zero-order chi connectivity index (χ0) is 20.5. The molecule has 2 amide bonds. The maximum absolute atomic E-state index is 13.6.